The van der Waals surface area contributed by atoms with Gasteiger partial charge in [-0.1, -0.05) is 24.3 Å². The first-order chi connectivity index (χ1) is 9.19. The van der Waals surface area contributed by atoms with Crippen molar-refractivity contribution in [2.45, 2.75) is 39.0 Å². The molecular weight excluding hydrogens is 236 g/mol. The molecule has 19 heavy (non-hydrogen) atoms. The Morgan fingerprint density at radius 3 is 2.95 bits per heavy atom. The Kier molecular flexibility index (Phi) is 5.37. The molecule has 1 heterocycles. The van der Waals surface area contributed by atoms with Crippen LogP contribution in [0.2, 0.25) is 0 Å². The highest BCUT2D eigenvalue weighted by molar-refractivity contribution is 5.22. The average Bonchev–Trinajstić information content (AvgIpc) is 2.45. The standard InChI is InChI=1S/C16H26N2O/c1-13(16-7-4-8-18(2)11-16)17-10-14-5-3-6-15(9-14)12-19/h3,5-6,9,13,16-17,19H,4,7-8,10-12H2,1-2H3. The molecule has 0 bridgehead atoms. The van der Waals surface area contributed by atoms with Crippen molar-refractivity contribution in [3.05, 3.63) is 35.4 Å². The van der Waals surface area contributed by atoms with E-state index in [0.717, 1.165) is 18.0 Å². The predicted molar refractivity (Wildman–Crippen MR) is 78.9 cm³/mol. The highest BCUT2D eigenvalue weighted by Crippen LogP contribution is 2.18. The van der Waals surface area contributed by atoms with Gasteiger partial charge in [-0.15, -0.1) is 0 Å². The molecule has 1 aromatic rings. The number of hydrogen-bond acceptors (Lipinski definition) is 3. The van der Waals surface area contributed by atoms with Crippen molar-refractivity contribution in [1.29, 1.82) is 0 Å². The molecule has 2 rings (SSSR count). The van der Waals surface area contributed by atoms with Gasteiger partial charge in [0.1, 0.15) is 0 Å². The molecular formula is C16H26N2O. The first kappa shape index (κ1) is 14.5. The second-order valence-corrected chi connectivity index (χ2v) is 5.81. The summed E-state index contributed by atoms with van der Waals surface area (Å²) in [7, 11) is 2.21. The second-order valence-electron chi connectivity index (χ2n) is 5.81. The van der Waals surface area contributed by atoms with Crippen LogP contribution in [-0.4, -0.2) is 36.2 Å². The Morgan fingerprint density at radius 2 is 2.21 bits per heavy atom. The first-order valence-corrected chi connectivity index (χ1v) is 7.29. The minimum absolute atomic E-state index is 0.122. The van der Waals surface area contributed by atoms with Crippen LogP contribution in [0.1, 0.15) is 30.9 Å². The van der Waals surface area contributed by atoms with E-state index in [1.807, 2.05) is 12.1 Å². The van der Waals surface area contributed by atoms with Crippen molar-refractivity contribution in [2.75, 3.05) is 20.1 Å². The molecule has 106 valence electrons. The minimum Gasteiger partial charge on any atom is -0.392 e. The number of aliphatic hydroxyl groups excluding tert-OH is 1. The van der Waals surface area contributed by atoms with Gasteiger partial charge in [-0.3, -0.25) is 0 Å². The fourth-order valence-electron chi connectivity index (χ4n) is 2.90. The van der Waals surface area contributed by atoms with Gasteiger partial charge >= 0.3 is 0 Å². The number of aliphatic hydroxyl groups is 1. The number of rotatable bonds is 5. The molecule has 0 amide bonds. The van der Waals surface area contributed by atoms with E-state index in [9.17, 15) is 0 Å². The van der Waals surface area contributed by atoms with E-state index < -0.39 is 0 Å². The summed E-state index contributed by atoms with van der Waals surface area (Å²) in [6.07, 6.45) is 2.64. The van der Waals surface area contributed by atoms with Gasteiger partial charge in [0.25, 0.3) is 0 Å². The summed E-state index contributed by atoms with van der Waals surface area (Å²) in [6, 6.07) is 8.71. The fourth-order valence-corrected chi connectivity index (χ4v) is 2.90. The molecule has 0 aliphatic carbocycles. The van der Waals surface area contributed by atoms with Crippen molar-refractivity contribution in [1.82, 2.24) is 10.2 Å². The number of nitrogens with zero attached hydrogens (tertiary/aromatic N) is 1. The molecule has 3 heteroatoms. The summed E-state index contributed by atoms with van der Waals surface area (Å²) in [5, 5.41) is 12.8. The molecule has 0 aromatic heterocycles. The van der Waals surface area contributed by atoms with Crippen molar-refractivity contribution in [3.8, 4) is 0 Å². The maximum absolute atomic E-state index is 9.15. The van der Waals surface area contributed by atoms with Crippen LogP contribution in [0.15, 0.2) is 24.3 Å². The molecule has 2 N–H and O–H groups in total. The quantitative estimate of drug-likeness (QED) is 0.852. The monoisotopic (exact) mass is 262 g/mol. The second kappa shape index (κ2) is 7.04. The van der Waals surface area contributed by atoms with Crippen molar-refractivity contribution in [2.24, 2.45) is 5.92 Å². The zero-order valence-electron chi connectivity index (χ0n) is 12.1. The van der Waals surface area contributed by atoms with Crippen LogP contribution in [0.4, 0.5) is 0 Å². The third-order valence-electron chi connectivity index (χ3n) is 4.17. The molecule has 3 nitrogen and oxygen atoms in total. The van der Waals surface area contributed by atoms with Gasteiger partial charge in [0, 0.05) is 19.1 Å². The lowest BCUT2D eigenvalue weighted by Gasteiger charge is -2.34. The highest BCUT2D eigenvalue weighted by Gasteiger charge is 2.22. The molecule has 0 spiro atoms. The summed E-state index contributed by atoms with van der Waals surface area (Å²) >= 11 is 0. The molecule has 1 aliphatic heterocycles. The van der Waals surface area contributed by atoms with Crippen molar-refractivity contribution >= 4 is 0 Å². The fraction of sp³-hybridized carbons (Fsp3) is 0.625. The summed E-state index contributed by atoms with van der Waals surface area (Å²) in [6.45, 7) is 5.73. The highest BCUT2D eigenvalue weighted by atomic mass is 16.3. The lowest BCUT2D eigenvalue weighted by Crippen LogP contribution is -2.42. The Hall–Kier alpha value is -0.900. The Bertz CT molecular complexity index is 394. The van der Waals surface area contributed by atoms with Crippen LogP contribution in [0.3, 0.4) is 0 Å². The molecule has 1 aromatic carbocycles. The molecule has 2 unspecified atom stereocenters. The normalized spacial score (nSPS) is 22.4. The summed E-state index contributed by atoms with van der Waals surface area (Å²) in [5.41, 5.74) is 2.24. The largest absolute Gasteiger partial charge is 0.392 e. The van der Waals surface area contributed by atoms with E-state index >= 15 is 0 Å². The molecule has 1 aliphatic rings. The first-order valence-electron chi connectivity index (χ1n) is 7.29. The molecule has 1 fully saturated rings. The average molecular weight is 262 g/mol. The van der Waals surface area contributed by atoms with Crippen LogP contribution in [0.25, 0.3) is 0 Å². The Labute approximate surface area is 116 Å². The summed E-state index contributed by atoms with van der Waals surface area (Å²) < 4.78 is 0. The van der Waals surface area contributed by atoms with E-state index in [1.54, 1.807) is 0 Å². The van der Waals surface area contributed by atoms with Crippen LogP contribution in [-0.2, 0) is 13.2 Å². The number of benzene rings is 1. The van der Waals surface area contributed by atoms with Crippen LogP contribution in [0, 0.1) is 5.92 Å². The van der Waals surface area contributed by atoms with Gasteiger partial charge in [0.05, 0.1) is 6.61 Å². The summed E-state index contributed by atoms with van der Waals surface area (Å²) in [5.74, 6) is 0.750. The van der Waals surface area contributed by atoms with Gasteiger partial charge in [0.15, 0.2) is 0 Å². The van der Waals surface area contributed by atoms with Gasteiger partial charge in [-0.2, -0.15) is 0 Å². The minimum atomic E-state index is 0.122. The topological polar surface area (TPSA) is 35.5 Å². The number of likely N-dealkylation sites (tertiary alicyclic amines) is 1. The van der Waals surface area contributed by atoms with Gasteiger partial charge in [-0.05, 0) is 50.4 Å². The zero-order chi connectivity index (χ0) is 13.7. The molecule has 2 atom stereocenters. The van der Waals surface area contributed by atoms with E-state index in [0.29, 0.717) is 6.04 Å². The van der Waals surface area contributed by atoms with E-state index in [-0.39, 0.29) is 6.61 Å². The van der Waals surface area contributed by atoms with Crippen molar-refractivity contribution < 1.29 is 5.11 Å². The van der Waals surface area contributed by atoms with E-state index in [1.165, 1.54) is 31.5 Å². The van der Waals surface area contributed by atoms with E-state index in [2.05, 4.69) is 36.3 Å². The maximum Gasteiger partial charge on any atom is 0.0681 e. The number of nitrogens with one attached hydrogen (secondary N) is 1. The van der Waals surface area contributed by atoms with Gasteiger partial charge < -0.3 is 15.3 Å². The number of hydrogen-bond donors (Lipinski definition) is 2. The third kappa shape index (κ3) is 4.30. The maximum atomic E-state index is 9.15. The zero-order valence-corrected chi connectivity index (χ0v) is 12.1. The lowest BCUT2D eigenvalue weighted by molar-refractivity contribution is 0.178. The molecule has 1 saturated heterocycles. The lowest BCUT2D eigenvalue weighted by atomic mass is 9.92. The predicted octanol–water partition coefficient (Wildman–Crippen LogP) is 2.00. The molecule has 0 radical (unpaired) electrons. The van der Waals surface area contributed by atoms with Crippen LogP contribution < -0.4 is 5.32 Å². The Morgan fingerprint density at radius 1 is 1.42 bits per heavy atom. The third-order valence-corrected chi connectivity index (χ3v) is 4.17. The Balaban J connectivity index is 1.83. The van der Waals surface area contributed by atoms with Crippen molar-refractivity contribution in [3.63, 3.8) is 0 Å². The molecule has 0 saturated carbocycles. The van der Waals surface area contributed by atoms with Gasteiger partial charge in [-0.25, -0.2) is 0 Å². The van der Waals surface area contributed by atoms with Crippen LogP contribution >= 0.6 is 0 Å². The number of piperidine rings is 1. The van der Waals surface area contributed by atoms with E-state index in [4.69, 9.17) is 5.11 Å². The smallest absolute Gasteiger partial charge is 0.0681 e. The summed E-state index contributed by atoms with van der Waals surface area (Å²) in [4.78, 5) is 2.43. The SMILES string of the molecule is CC(NCc1cccc(CO)c1)C1CCCN(C)C1. The van der Waals surface area contributed by atoms with Gasteiger partial charge in [0.2, 0.25) is 0 Å². The van der Waals surface area contributed by atoms with Crippen LogP contribution in [0.5, 0.6) is 0 Å².